The minimum atomic E-state index is -0.499. The van der Waals surface area contributed by atoms with Crippen LogP contribution < -0.4 is 10.8 Å². The Kier molecular flexibility index (Phi) is 8.26. The zero-order valence-corrected chi connectivity index (χ0v) is 20.0. The van der Waals surface area contributed by atoms with Gasteiger partial charge in [0.2, 0.25) is 0 Å². The number of rotatable bonds is 8. The van der Waals surface area contributed by atoms with Crippen molar-refractivity contribution in [3.8, 4) is 0 Å². The van der Waals surface area contributed by atoms with Crippen LogP contribution in [0.15, 0.2) is 72.8 Å². The van der Waals surface area contributed by atoms with Gasteiger partial charge in [-0.15, -0.1) is 0 Å². The van der Waals surface area contributed by atoms with Gasteiger partial charge in [0.05, 0.1) is 0 Å². The van der Waals surface area contributed by atoms with E-state index in [1.165, 1.54) is 11.1 Å². The van der Waals surface area contributed by atoms with E-state index in [0.29, 0.717) is 17.7 Å². The first-order chi connectivity index (χ1) is 17.0. The molecule has 3 N–H and O–H groups in total. The fourth-order valence-corrected chi connectivity index (χ4v) is 4.32. The van der Waals surface area contributed by atoms with Gasteiger partial charge < -0.3 is 5.32 Å². The SMILES string of the molecule is Cc1cccc(CNC(=O)c2ccc(CN3CCN(Cc4ccc(C(=O)NO)cc4)CC3)cc2)c1. The highest BCUT2D eigenvalue weighted by molar-refractivity contribution is 5.94. The summed E-state index contributed by atoms with van der Waals surface area (Å²) in [5.74, 6) is -0.558. The average molecular weight is 473 g/mol. The first kappa shape index (κ1) is 24.6. The molecule has 0 saturated carbocycles. The minimum Gasteiger partial charge on any atom is -0.348 e. The summed E-state index contributed by atoms with van der Waals surface area (Å²) in [5, 5.41) is 11.7. The van der Waals surface area contributed by atoms with Gasteiger partial charge in [0.25, 0.3) is 11.8 Å². The Bertz CT molecular complexity index is 1140. The first-order valence-electron chi connectivity index (χ1n) is 11.9. The van der Waals surface area contributed by atoms with Crippen molar-refractivity contribution in [3.63, 3.8) is 0 Å². The lowest BCUT2D eigenvalue weighted by Gasteiger charge is -2.34. The summed E-state index contributed by atoms with van der Waals surface area (Å²) in [5.41, 5.74) is 7.40. The number of amides is 2. The van der Waals surface area contributed by atoms with Gasteiger partial charge >= 0.3 is 0 Å². The molecular formula is C28H32N4O3. The zero-order chi connectivity index (χ0) is 24.6. The van der Waals surface area contributed by atoms with Crippen molar-refractivity contribution in [1.82, 2.24) is 20.6 Å². The summed E-state index contributed by atoms with van der Waals surface area (Å²) in [6.45, 7) is 8.16. The van der Waals surface area contributed by atoms with Gasteiger partial charge in [0, 0.05) is 56.9 Å². The second kappa shape index (κ2) is 11.8. The van der Waals surface area contributed by atoms with E-state index in [0.717, 1.165) is 50.4 Å². The first-order valence-corrected chi connectivity index (χ1v) is 11.9. The Morgan fingerprint density at radius 1 is 0.743 bits per heavy atom. The van der Waals surface area contributed by atoms with Crippen LogP contribution in [0.25, 0.3) is 0 Å². The maximum absolute atomic E-state index is 12.5. The third kappa shape index (κ3) is 6.99. The normalized spacial score (nSPS) is 14.5. The maximum Gasteiger partial charge on any atom is 0.274 e. The highest BCUT2D eigenvalue weighted by Gasteiger charge is 2.17. The van der Waals surface area contributed by atoms with Crippen LogP contribution in [-0.4, -0.2) is 53.0 Å². The molecule has 0 spiro atoms. The molecule has 7 heteroatoms. The molecule has 0 unspecified atom stereocenters. The molecule has 0 bridgehead atoms. The summed E-state index contributed by atoms with van der Waals surface area (Å²) in [4.78, 5) is 28.8. The Labute approximate surface area is 206 Å². The fraction of sp³-hybridized carbons (Fsp3) is 0.286. The summed E-state index contributed by atoms with van der Waals surface area (Å²) >= 11 is 0. The lowest BCUT2D eigenvalue weighted by molar-refractivity contribution is 0.0706. The van der Waals surface area contributed by atoms with E-state index >= 15 is 0 Å². The molecule has 2 amide bonds. The molecule has 0 aromatic heterocycles. The zero-order valence-electron chi connectivity index (χ0n) is 20.0. The highest BCUT2D eigenvalue weighted by Crippen LogP contribution is 2.14. The smallest absolute Gasteiger partial charge is 0.274 e. The number of hydroxylamine groups is 1. The largest absolute Gasteiger partial charge is 0.348 e. The summed E-state index contributed by atoms with van der Waals surface area (Å²) in [6.07, 6.45) is 0. The second-order valence-electron chi connectivity index (χ2n) is 9.06. The molecular weight excluding hydrogens is 440 g/mol. The standard InChI is InChI=1S/C28H32N4O3/c1-21-3-2-4-24(17-21)18-29-27(33)25-9-5-22(6-10-25)19-31-13-15-32(16-14-31)20-23-7-11-26(12-8-23)28(34)30-35/h2-12,17,35H,13-16,18-20H2,1H3,(H,29,33)(H,30,34). The van der Waals surface area contributed by atoms with E-state index in [-0.39, 0.29) is 5.91 Å². The van der Waals surface area contributed by atoms with Crippen LogP contribution in [0, 0.1) is 6.92 Å². The minimum absolute atomic E-state index is 0.0586. The predicted octanol–water partition coefficient (Wildman–Crippen LogP) is 3.36. The highest BCUT2D eigenvalue weighted by atomic mass is 16.5. The molecule has 1 heterocycles. The van der Waals surface area contributed by atoms with E-state index in [1.54, 1.807) is 17.6 Å². The van der Waals surface area contributed by atoms with Crippen molar-refractivity contribution in [1.29, 1.82) is 0 Å². The van der Waals surface area contributed by atoms with E-state index in [2.05, 4.69) is 21.2 Å². The topological polar surface area (TPSA) is 84.9 Å². The van der Waals surface area contributed by atoms with Crippen LogP contribution in [0.3, 0.4) is 0 Å². The lowest BCUT2D eigenvalue weighted by Crippen LogP contribution is -2.45. The van der Waals surface area contributed by atoms with Crippen LogP contribution >= 0.6 is 0 Å². The number of nitrogens with zero attached hydrogens (tertiary/aromatic N) is 2. The molecule has 1 fully saturated rings. The number of aryl methyl sites for hydroxylation is 1. The van der Waals surface area contributed by atoms with Gasteiger partial charge in [-0.2, -0.15) is 0 Å². The number of piperazine rings is 1. The van der Waals surface area contributed by atoms with E-state index < -0.39 is 5.91 Å². The Balaban J connectivity index is 1.21. The van der Waals surface area contributed by atoms with Crippen molar-refractivity contribution in [2.45, 2.75) is 26.6 Å². The summed E-state index contributed by atoms with van der Waals surface area (Å²) < 4.78 is 0. The van der Waals surface area contributed by atoms with Crippen molar-refractivity contribution in [2.75, 3.05) is 26.2 Å². The van der Waals surface area contributed by atoms with Crippen molar-refractivity contribution in [3.05, 3.63) is 106 Å². The molecule has 3 aromatic rings. The molecule has 0 radical (unpaired) electrons. The molecule has 1 saturated heterocycles. The van der Waals surface area contributed by atoms with Crippen molar-refractivity contribution < 1.29 is 14.8 Å². The molecule has 4 rings (SSSR count). The quantitative estimate of drug-likeness (QED) is 0.346. The number of hydrogen-bond acceptors (Lipinski definition) is 5. The maximum atomic E-state index is 12.5. The number of nitrogens with one attached hydrogen (secondary N) is 2. The van der Waals surface area contributed by atoms with Crippen LogP contribution in [0.1, 0.15) is 43.0 Å². The molecule has 35 heavy (non-hydrogen) atoms. The molecule has 7 nitrogen and oxygen atoms in total. The number of benzene rings is 3. The van der Waals surface area contributed by atoms with Gasteiger partial charge in [0.1, 0.15) is 0 Å². The van der Waals surface area contributed by atoms with Gasteiger partial charge in [-0.1, -0.05) is 54.1 Å². The molecule has 0 atom stereocenters. The van der Waals surface area contributed by atoms with Gasteiger partial charge in [-0.25, -0.2) is 5.48 Å². The van der Waals surface area contributed by atoms with Gasteiger partial charge in [-0.05, 0) is 47.9 Å². The lowest BCUT2D eigenvalue weighted by atomic mass is 10.1. The molecule has 3 aromatic carbocycles. The molecule has 1 aliphatic rings. The van der Waals surface area contributed by atoms with Crippen molar-refractivity contribution in [2.24, 2.45) is 0 Å². The Morgan fingerprint density at radius 3 is 1.74 bits per heavy atom. The third-order valence-electron chi connectivity index (χ3n) is 6.35. The van der Waals surface area contributed by atoms with E-state index in [9.17, 15) is 9.59 Å². The summed E-state index contributed by atoms with van der Waals surface area (Å²) in [6, 6.07) is 23.3. The summed E-state index contributed by atoms with van der Waals surface area (Å²) in [7, 11) is 0. The van der Waals surface area contributed by atoms with Crippen LogP contribution in [0.2, 0.25) is 0 Å². The average Bonchev–Trinajstić information content (AvgIpc) is 2.89. The molecule has 0 aliphatic carbocycles. The van der Waals surface area contributed by atoms with Gasteiger partial charge in [0.15, 0.2) is 0 Å². The van der Waals surface area contributed by atoms with Crippen LogP contribution in [-0.2, 0) is 19.6 Å². The molecule has 1 aliphatic heterocycles. The Morgan fingerprint density at radius 2 is 1.26 bits per heavy atom. The van der Waals surface area contributed by atoms with Crippen molar-refractivity contribution >= 4 is 11.8 Å². The Hall–Kier alpha value is -3.52. The number of hydrogen-bond donors (Lipinski definition) is 3. The predicted molar refractivity (Wildman–Crippen MR) is 135 cm³/mol. The van der Waals surface area contributed by atoms with E-state index in [1.807, 2.05) is 61.5 Å². The third-order valence-corrected chi connectivity index (χ3v) is 6.35. The fourth-order valence-electron chi connectivity index (χ4n) is 4.32. The van der Waals surface area contributed by atoms with Crippen LogP contribution in [0.4, 0.5) is 0 Å². The molecule has 182 valence electrons. The van der Waals surface area contributed by atoms with Crippen LogP contribution in [0.5, 0.6) is 0 Å². The number of carbonyl (C=O) groups excluding carboxylic acids is 2. The second-order valence-corrected chi connectivity index (χ2v) is 9.06. The number of carbonyl (C=O) groups is 2. The monoisotopic (exact) mass is 472 g/mol. The van der Waals surface area contributed by atoms with E-state index in [4.69, 9.17) is 5.21 Å². The van der Waals surface area contributed by atoms with Gasteiger partial charge in [-0.3, -0.25) is 24.6 Å².